The molecule has 0 atom stereocenters. The minimum absolute atomic E-state index is 0.0810. The Kier molecular flexibility index (Phi) is 3.24. The molecule has 1 saturated carbocycles. The molecule has 0 radical (unpaired) electrons. The van der Waals surface area contributed by atoms with Crippen LogP contribution in [0.15, 0.2) is 30.5 Å². The van der Waals surface area contributed by atoms with E-state index in [9.17, 15) is 13.2 Å². The summed E-state index contributed by atoms with van der Waals surface area (Å²) in [5.41, 5.74) is 0.726. The maximum Gasteiger partial charge on any atom is 0.416 e. The fraction of sp³-hybridized carbons (Fsp3) is 0.357. The average Bonchev–Trinajstić information content (AvgIpc) is 3.15. The van der Waals surface area contributed by atoms with Gasteiger partial charge >= 0.3 is 6.18 Å². The minimum atomic E-state index is -4.41. The molecule has 1 aromatic carbocycles. The van der Waals surface area contributed by atoms with Crippen molar-refractivity contribution in [2.75, 3.05) is 0 Å². The van der Waals surface area contributed by atoms with Crippen LogP contribution < -0.4 is 0 Å². The van der Waals surface area contributed by atoms with Crippen molar-refractivity contribution in [2.24, 2.45) is 0 Å². The van der Waals surface area contributed by atoms with Crippen LogP contribution in [0.1, 0.15) is 35.6 Å². The first kappa shape index (κ1) is 13.5. The number of rotatable bonds is 3. The summed E-state index contributed by atoms with van der Waals surface area (Å²) in [5, 5.41) is 4.34. The summed E-state index contributed by atoms with van der Waals surface area (Å²) >= 11 is 5.57. The van der Waals surface area contributed by atoms with Crippen molar-refractivity contribution < 1.29 is 13.2 Å². The Labute approximate surface area is 119 Å². The Bertz CT molecular complexity index is 630. The van der Waals surface area contributed by atoms with Gasteiger partial charge in [0, 0.05) is 18.0 Å². The Morgan fingerprint density at radius 1 is 1.25 bits per heavy atom. The first-order valence-corrected chi connectivity index (χ1v) is 6.84. The Hall–Kier alpha value is -1.49. The summed E-state index contributed by atoms with van der Waals surface area (Å²) in [6.45, 7) is 0. The largest absolute Gasteiger partial charge is 0.416 e. The molecule has 0 amide bonds. The minimum Gasteiger partial charge on any atom is -0.241 e. The third kappa shape index (κ3) is 2.54. The lowest BCUT2D eigenvalue weighted by Gasteiger charge is -2.13. The molecule has 1 heterocycles. The fourth-order valence-corrected chi connectivity index (χ4v) is 2.40. The van der Waals surface area contributed by atoms with Crippen LogP contribution in [0.4, 0.5) is 13.2 Å². The molecule has 0 bridgehead atoms. The Balaban J connectivity index is 2.00. The second-order valence-electron chi connectivity index (χ2n) is 4.93. The zero-order valence-corrected chi connectivity index (χ0v) is 11.2. The first-order valence-electron chi connectivity index (χ1n) is 6.31. The van der Waals surface area contributed by atoms with Gasteiger partial charge in [0.05, 0.1) is 16.9 Å². The molecule has 2 nitrogen and oxygen atoms in total. The van der Waals surface area contributed by atoms with Crippen LogP contribution in [-0.4, -0.2) is 9.78 Å². The lowest BCUT2D eigenvalue weighted by atomic mass is 10.1. The van der Waals surface area contributed by atoms with E-state index in [0.717, 1.165) is 24.6 Å². The average molecular weight is 301 g/mol. The van der Waals surface area contributed by atoms with E-state index < -0.39 is 11.7 Å². The number of nitrogens with zero attached hydrogens (tertiary/aromatic N) is 2. The molecule has 3 rings (SSSR count). The van der Waals surface area contributed by atoms with Gasteiger partial charge in [-0.2, -0.15) is 18.3 Å². The summed E-state index contributed by atoms with van der Waals surface area (Å²) in [4.78, 5) is 0. The molecule has 20 heavy (non-hydrogen) atoms. The molecular weight excluding hydrogens is 289 g/mol. The van der Waals surface area contributed by atoms with E-state index >= 15 is 0 Å². The van der Waals surface area contributed by atoms with Crippen LogP contribution in [0.2, 0.25) is 0 Å². The Morgan fingerprint density at radius 2 is 2.00 bits per heavy atom. The number of halogens is 4. The van der Waals surface area contributed by atoms with Gasteiger partial charge in [0.15, 0.2) is 0 Å². The quantitative estimate of drug-likeness (QED) is 0.763. The molecular formula is C14H12ClF3N2. The molecule has 0 spiro atoms. The van der Waals surface area contributed by atoms with Crippen molar-refractivity contribution in [2.45, 2.75) is 30.8 Å². The molecule has 0 aliphatic heterocycles. The van der Waals surface area contributed by atoms with Crippen LogP contribution in [0, 0.1) is 0 Å². The van der Waals surface area contributed by atoms with Gasteiger partial charge in [-0.25, -0.2) is 4.68 Å². The first-order chi connectivity index (χ1) is 9.49. The number of hydrogen-bond donors (Lipinski definition) is 0. The summed E-state index contributed by atoms with van der Waals surface area (Å²) in [7, 11) is 0. The highest BCUT2D eigenvalue weighted by molar-refractivity contribution is 6.17. The molecule has 0 unspecified atom stereocenters. The second kappa shape index (κ2) is 4.81. The smallest absolute Gasteiger partial charge is 0.241 e. The third-order valence-corrected chi connectivity index (χ3v) is 3.70. The van der Waals surface area contributed by atoms with E-state index in [1.807, 2.05) is 6.07 Å². The van der Waals surface area contributed by atoms with Gasteiger partial charge in [0.25, 0.3) is 0 Å². The molecule has 1 aliphatic rings. The van der Waals surface area contributed by atoms with Gasteiger partial charge in [-0.1, -0.05) is 6.07 Å². The summed E-state index contributed by atoms with van der Waals surface area (Å²) in [5.74, 6) is 0.308. The summed E-state index contributed by atoms with van der Waals surface area (Å²) in [6, 6.07) is 5.97. The van der Waals surface area contributed by atoms with Gasteiger partial charge in [-0.05, 0) is 36.6 Å². The predicted molar refractivity (Wildman–Crippen MR) is 70.1 cm³/mol. The third-order valence-electron chi connectivity index (χ3n) is 3.41. The van der Waals surface area contributed by atoms with E-state index in [1.54, 1.807) is 12.3 Å². The van der Waals surface area contributed by atoms with E-state index in [-0.39, 0.29) is 11.4 Å². The molecule has 1 aliphatic carbocycles. The van der Waals surface area contributed by atoms with Crippen molar-refractivity contribution >= 4 is 11.6 Å². The number of alkyl halides is 4. The molecule has 6 heteroatoms. The van der Waals surface area contributed by atoms with Crippen LogP contribution in [0.5, 0.6) is 0 Å². The molecule has 1 aromatic heterocycles. The van der Waals surface area contributed by atoms with Crippen molar-refractivity contribution in [3.8, 4) is 5.69 Å². The number of benzene rings is 1. The van der Waals surface area contributed by atoms with Gasteiger partial charge < -0.3 is 0 Å². The maximum absolute atomic E-state index is 13.0. The van der Waals surface area contributed by atoms with E-state index in [1.165, 1.54) is 10.7 Å². The van der Waals surface area contributed by atoms with Gasteiger partial charge in [-0.3, -0.25) is 0 Å². The normalized spacial score (nSPS) is 15.6. The van der Waals surface area contributed by atoms with Gasteiger partial charge in [0.1, 0.15) is 0 Å². The van der Waals surface area contributed by atoms with E-state index in [4.69, 9.17) is 11.6 Å². The maximum atomic E-state index is 13.0. The van der Waals surface area contributed by atoms with E-state index in [0.29, 0.717) is 11.6 Å². The zero-order chi connectivity index (χ0) is 14.3. The van der Waals surface area contributed by atoms with Gasteiger partial charge in [-0.15, -0.1) is 11.6 Å². The summed E-state index contributed by atoms with van der Waals surface area (Å²) < 4.78 is 40.4. The van der Waals surface area contributed by atoms with Crippen LogP contribution >= 0.6 is 11.6 Å². The molecule has 0 saturated heterocycles. The second-order valence-corrected chi connectivity index (χ2v) is 5.20. The highest BCUT2D eigenvalue weighted by Crippen LogP contribution is 2.39. The van der Waals surface area contributed by atoms with Gasteiger partial charge in [0.2, 0.25) is 0 Å². The highest BCUT2D eigenvalue weighted by Gasteiger charge is 2.33. The number of aromatic nitrogens is 2. The lowest BCUT2D eigenvalue weighted by Crippen LogP contribution is -2.10. The van der Waals surface area contributed by atoms with Crippen molar-refractivity contribution in [3.05, 3.63) is 47.3 Å². The van der Waals surface area contributed by atoms with Crippen LogP contribution in [0.3, 0.4) is 0 Å². The summed E-state index contributed by atoms with van der Waals surface area (Å²) in [6.07, 6.45) is -0.498. The predicted octanol–water partition coefficient (Wildman–Crippen LogP) is 4.51. The van der Waals surface area contributed by atoms with Crippen LogP contribution in [0.25, 0.3) is 5.69 Å². The lowest BCUT2D eigenvalue weighted by molar-refractivity contribution is -0.138. The van der Waals surface area contributed by atoms with Crippen LogP contribution in [-0.2, 0) is 12.1 Å². The topological polar surface area (TPSA) is 17.8 Å². The molecule has 0 N–H and O–H groups in total. The molecule has 2 aromatic rings. The Morgan fingerprint density at radius 3 is 2.60 bits per heavy atom. The van der Waals surface area contributed by atoms with Crippen molar-refractivity contribution in [1.29, 1.82) is 0 Å². The number of hydrogen-bond acceptors (Lipinski definition) is 1. The molecule has 1 fully saturated rings. The standard InChI is InChI=1S/C14H12ClF3N2/c15-8-10-3-4-11(7-12(10)14(16,17)18)20-6-5-13(19-20)9-1-2-9/h3-7,9H,1-2,8H2. The highest BCUT2D eigenvalue weighted by atomic mass is 35.5. The SMILES string of the molecule is FC(F)(F)c1cc(-n2ccc(C3CC3)n2)ccc1CCl. The fourth-order valence-electron chi connectivity index (χ4n) is 2.17. The molecule has 106 valence electrons. The van der Waals surface area contributed by atoms with Crippen molar-refractivity contribution in [1.82, 2.24) is 9.78 Å². The zero-order valence-electron chi connectivity index (χ0n) is 10.5. The monoisotopic (exact) mass is 300 g/mol. The van der Waals surface area contributed by atoms with E-state index in [2.05, 4.69) is 5.10 Å². The van der Waals surface area contributed by atoms with Crippen molar-refractivity contribution in [3.63, 3.8) is 0 Å².